The van der Waals surface area contributed by atoms with Gasteiger partial charge in [0, 0.05) is 11.6 Å². The van der Waals surface area contributed by atoms with Gasteiger partial charge in [0.25, 0.3) is 0 Å². The molecule has 0 unspecified atom stereocenters. The number of carbonyl (C=O) groups is 1. The third-order valence-electron chi connectivity index (χ3n) is 3.64. The highest BCUT2D eigenvalue weighted by atomic mass is 32.1. The number of urea groups is 1. The van der Waals surface area contributed by atoms with Crippen molar-refractivity contribution in [2.75, 3.05) is 10.6 Å². The van der Waals surface area contributed by atoms with E-state index in [-0.39, 0.29) is 11.9 Å². The van der Waals surface area contributed by atoms with Crippen molar-refractivity contribution in [3.63, 3.8) is 0 Å². The van der Waals surface area contributed by atoms with Crippen LogP contribution in [0.1, 0.15) is 29.0 Å². The molecular formula is C18H18N4OS. The monoisotopic (exact) mass is 338 g/mol. The maximum absolute atomic E-state index is 12.0. The Labute approximate surface area is 144 Å². The number of hydrogen-bond acceptors (Lipinski definition) is 4. The van der Waals surface area contributed by atoms with Gasteiger partial charge in [-0.3, -0.25) is 5.32 Å². The van der Waals surface area contributed by atoms with Crippen molar-refractivity contribution in [1.82, 2.24) is 10.2 Å². The molecule has 24 heavy (non-hydrogen) atoms. The van der Waals surface area contributed by atoms with E-state index in [2.05, 4.69) is 39.9 Å². The summed E-state index contributed by atoms with van der Waals surface area (Å²) in [4.78, 5) is 12.0. The average molecular weight is 338 g/mol. The summed E-state index contributed by atoms with van der Waals surface area (Å²) in [5.74, 6) is 0.138. The van der Waals surface area contributed by atoms with Crippen LogP contribution in [-0.2, 0) is 0 Å². The molecule has 2 aromatic carbocycles. The molecule has 0 spiro atoms. The fourth-order valence-corrected chi connectivity index (χ4v) is 3.06. The van der Waals surface area contributed by atoms with Crippen molar-refractivity contribution >= 4 is 28.2 Å². The molecule has 122 valence electrons. The molecule has 2 N–H and O–H groups in total. The van der Waals surface area contributed by atoms with Crippen LogP contribution in [0.4, 0.5) is 15.6 Å². The van der Waals surface area contributed by atoms with E-state index in [9.17, 15) is 4.79 Å². The van der Waals surface area contributed by atoms with E-state index in [4.69, 9.17) is 0 Å². The molecule has 0 aliphatic heterocycles. The molecular weight excluding hydrogens is 320 g/mol. The van der Waals surface area contributed by atoms with Gasteiger partial charge >= 0.3 is 6.03 Å². The van der Waals surface area contributed by atoms with Crippen molar-refractivity contribution in [2.45, 2.75) is 19.8 Å². The Morgan fingerprint density at radius 2 is 1.71 bits per heavy atom. The van der Waals surface area contributed by atoms with Gasteiger partial charge in [0.2, 0.25) is 5.13 Å². The highest BCUT2D eigenvalue weighted by Crippen LogP contribution is 2.28. The summed E-state index contributed by atoms with van der Waals surface area (Å²) in [6.07, 6.45) is 0. The highest BCUT2D eigenvalue weighted by molar-refractivity contribution is 7.15. The number of nitrogens with one attached hydrogen (secondary N) is 2. The van der Waals surface area contributed by atoms with E-state index >= 15 is 0 Å². The van der Waals surface area contributed by atoms with Crippen molar-refractivity contribution in [1.29, 1.82) is 0 Å². The van der Waals surface area contributed by atoms with Crippen molar-refractivity contribution < 1.29 is 4.79 Å². The Balaban J connectivity index is 1.63. The zero-order valence-corrected chi connectivity index (χ0v) is 14.3. The Kier molecular flexibility index (Phi) is 4.86. The largest absolute Gasteiger partial charge is 0.325 e. The number of amides is 2. The molecule has 1 atom stereocenters. The first-order valence-electron chi connectivity index (χ1n) is 7.65. The summed E-state index contributed by atoms with van der Waals surface area (Å²) < 4.78 is 0. The average Bonchev–Trinajstić information content (AvgIpc) is 3.05. The molecule has 2 amide bonds. The minimum Gasteiger partial charge on any atom is -0.308 e. The summed E-state index contributed by atoms with van der Waals surface area (Å²) in [5.41, 5.74) is 3.05. The molecule has 3 aromatic rings. The second-order valence-electron chi connectivity index (χ2n) is 5.52. The lowest BCUT2D eigenvalue weighted by molar-refractivity contribution is 0.262. The first-order valence-corrected chi connectivity index (χ1v) is 8.46. The smallest absolute Gasteiger partial charge is 0.308 e. The lowest BCUT2D eigenvalue weighted by Crippen LogP contribution is -2.19. The first kappa shape index (κ1) is 16.1. The standard InChI is InChI=1S/C18H18N4OS/c1-12-8-10-15(11-9-12)19-17(23)20-18-22-21-16(24-18)13(2)14-6-4-3-5-7-14/h3-11,13H,1-2H3,(H2,19,20,22,23)/t13-/m0/s1. The van der Waals surface area contributed by atoms with Gasteiger partial charge < -0.3 is 5.32 Å². The Bertz CT molecular complexity index is 815. The van der Waals surface area contributed by atoms with Gasteiger partial charge in [0.15, 0.2) is 0 Å². The lowest BCUT2D eigenvalue weighted by atomic mass is 10.0. The van der Waals surface area contributed by atoms with Gasteiger partial charge in [-0.1, -0.05) is 66.3 Å². The Morgan fingerprint density at radius 3 is 2.42 bits per heavy atom. The topological polar surface area (TPSA) is 66.9 Å². The third kappa shape index (κ3) is 3.97. The van der Waals surface area contributed by atoms with Crippen molar-refractivity contribution in [3.05, 3.63) is 70.7 Å². The molecule has 0 bridgehead atoms. The number of carbonyl (C=O) groups excluding carboxylic acids is 1. The van der Waals surface area contributed by atoms with Crippen molar-refractivity contribution in [2.24, 2.45) is 0 Å². The van der Waals surface area contributed by atoms with Gasteiger partial charge in [-0.05, 0) is 24.6 Å². The number of aromatic nitrogens is 2. The van der Waals surface area contributed by atoms with Crippen LogP contribution in [0.2, 0.25) is 0 Å². The second kappa shape index (κ2) is 7.23. The SMILES string of the molecule is Cc1ccc(NC(=O)Nc2nnc([C@@H](C)c3ccccc3)s2)cc1. The van der Waals surface area contributed by atoms with Crippen LogP contribution in [0.15, 0.2) is 54.6 Å². The molecule has 1 aromatic heterocycles. The maximum Gasteiger partial charge on any atom is 0.325 e. The van der Waals surface area contributed by atoms with Gasteiger partial charge in [0.05, 0.1) is 0 Å². The number of nitrogens with zero attached hydrogens (tertiary/aromatic N) is 2. The fourth-order valence-electron chi connectivity index (χ4n) is 2.24. The van der Waals surface area contributed by atoms with Gasteiger partial charge in [-0.15, -0.1) is 10.2 Å². The molecule has 5 nitrogen and oxygen atoms in total. The summed E-state index contributed by atoms with van der Waals surface area (Å²) >= 11 is 1.38. The second-order valence-corrected chi connectivity index (χ2v) is 6.53. The lowest BCUT2D eigenvalue weighted by Gasteiger charge is -2.07. The Hall–Kier alpha value is -2.73. The molecule has 0 fully saturated rings. The zero-order chi connectivity index (χ0) is 16.9. The predicted molar refractivity (Wildman–Crippen MR) is 97.7 cm³/mol. The zero-order valence-electron chi connectivity index (χ0n) is 13.5. The maximum atomic E-state index is 12.0. The fraction of sp³-hybridized carbons (Fsp3) is 0.167. The normalized spacial score (nSPS) is 11.8. The van der Waals surface area contributed by atoms with Crippen LogP contribution in [-0.4, -0.2) is 16.2 Å². The van der Waals surface area contributed by atoms with E-state index < -0.39 is 0 Å². The molecule has 0 radical (unpaired) electrons. The van der Waals surface area contributed by atoms with Crippen LogP contribution >= 0.6 is 11.3 Å². The quantitative estimate of drug-likeness (QED) is 0.728. The number of anilines is 2. The highest BCUT2D eigenvalue weighted by Gasteiger charge is 2.15. The van der Waals surface area contributed by atoms with E-state index in [1.165, 1.54) is 16.9 Å². The van der Waals surface area contributed by atoms with Crippen LogP contribution < -0.4 is 10.6 Å². The minimum atomic E-state index is -0.325. The number of hydrogen-bond donors (Lipinski definition) is 2. The van der Waals surface area contributed by atoms with Gasteiger partial charge in [-0.25, -0.2) is 4.79 Å². The molecule has 1 heterocycles. The van der Waals surface area contributed by atoms with Crippen LogP contribution in [0, 0.1) is 6.92 Å². The molecule has 0 aliphatic rings. The van der Waals surface area contributed by atoms with Crippen molar-refractivity contribution in [3.8, 4) is 0 Å². The molecule has 0 saturated carbocycles. The number of rotatable bonds is 4. The van der Waals surface area contributed by atoms with E-state index in [0.717, 1.165) is 16.3 Å². The molecule has 0 saturated heterocycles. The molecule has 3 rings (SSSR count). The van der Waals surface area contributed by atoms with Crippen LogP contribution in [0.3, 0.4) is 0 Å². The molecule has 6 heteroatoms. The van der Waals surface area contributed by atoms with Gasteiger partial charge in [0.1, 0.15) is 5.01 Å². The number of aryl methyl sites for hydroxylation is 1. The minimum absolute atomic E-state index is 0.138. The van der Waals surface area contributed by atoms with Crippen LogP contribution in [0.25, 0.3) is 0 Å². The summed E-state index contributed by atoms with van der Waals surface area (Å²) in [7, 11) is 0. The Morgan fingerprint density at radius 1 is 1.00 bits per heavy atom. The summed E-state index contributed by atoms with van der Waals surface area (Å²) in [5, 5.41) is 15.1. The summed E-state index contributed by atoms with van der Waals surface area (Å²) in [6, 6.07) is 17.4. The van der Waals surface area contributed by atoms with Gasteiger partial charge in [-0.2, -0.15) is 0 Å². The molecule has 0 aliphatic carbocycles. The third-order valence-corrected chi connectivity index (χ3v) is 4.66. The predicted octanol–water partition coefficient (Wildman–Crippen LogP) is 4.64. The first-order chi connectivity index (χ1) is 11.6. The van der Waals surface area contributed by atoms with Crippen LogP contribution in [0.5, 0.6) is 0 Å². The van der Waals surface area contributed by atoms with E-state index in [1.54, 1.807) is 0 Å². The number of benzene rings is 2. The van der Waals surface area contributed by atoms with E-state index in [0.29, 0.717) is 5.13 Å². The van der Waals surface area contributed by atoms with E-state index in [1.807, 2.05) is 49.4 Å². The summed E-state index contributed by atoms with van der Waals surface area (Å²) in [6.45, 7) is 4.08.